The van der Waals surface area contributed by atoms with Gasteiger partial charge in [0.15, 0.2) is 0 Å². The Morgan fingerprint density at radius 1 is 1.30 bits per heavy atom. The Labute approximate surface area is 141 Å². The Hall–Kier alpha value is -1.69. The maximum Gasteiger partial charge on any atom is 0.270 e. The minimum absolute atomic E-state index is 0.0736. The molecule has 124 valence electrons. The molecule has 0 saturated carbocycles. The lowest BCUT2D eigenvalue weighted by Crippen LogP contribution is -2.28. The van der Waals surface area contributed by atoms with E-state index in [1.165, 1.54) is 23.4 Å². The van der Waals surface area contributed by atoms with Crippen molar-refractivity contribution in [2.45, 2.75) is 58.4 Å². The van der Waals surface area contributed by atoms with Gasteiger partial charge in [0.1, 0.15) is 10.7 Å². The van der Waals surface area contributed by atoms with Gasteiger partial charge in [-0.25, -0.2) is 4.98 Å². The molecule has 1 atom stereocenters. The van der Waals surface area contributed by atoms with Crippen molar-refractivity contribution < 1.29 is 4.79 Å². The van der Waals surface area contributed by atoms with Crippen LogP contribution in [0.5, 0.6) is 0 Å². The molecule has 1 aliphatic rings. The number of hydrogen-bond donors (Lipinski definition) is 1. The van der Waals surface area contributed by atoms with E-state index >= 15 is 0 Å². The third-order valence-corrected chi connectivity index (χ3v) is 5.64. The number of thiazole rings is 1. The number of aromatic nitrogens is 3. The number of carbonyl (C=O) groups is 1. The van der Waals surface area contributed by atoms with Crippen LogP contribution in [0.4, 0.5) is 0 Å². The summed E-state index contributed by atoms with van der Waals surface area (Å²) in [5, 5.41) is 8.48. The molecule has 5 nitrogen and oxygen atoms in total. The Kier molecular flexibility index (Phi) is 4.53. The van der Waals surface area contributed by atoms with Gasteiger partial charge in [0.25, 0.3) is 5.91 Å². The first-order valence-electron chi connectivity index (χ1n) is 8.29. The minimum Gasteiger partial charge on any atom is -0.342 e. The van der Waals surface area contributed by atoms with Gasteiger partial charge in [-0.3, -0.25) is 9.48 Å². The highest BCUT2D eigenvalue weighted by Gasteiger charge is 2.21. The van der Waals surface area contributed by atoms with Crippen LogP contribution in [-0.4, -0.2) is 20.7 Å². The van der Waals surface area contributed by atoms with Crippen molar-refractivity contribution >= 4 is 17.2 Å². The van der Waals surface area contributed by atoms with Crippen LogP contribution in [0.25, 0.3) is 0 Å². The van der Waals surface area contributed by atoms with Crippen LogP contribution in [0, 0.1) is 0 Å². The van der Waals surface area contributed by atoms with E-state index in [1.54, 1.807) is 16.0 Å². The molecule has 0 saturated heterocycles. The van der Waals surface area contributed by atoms with Crippen molar-refractivity contribution in [2.24, 2.45) is 7.05 Å². The van der Waals surface area contributed by atoms with Crippen molar-refractivity contribution in [2.75, 3.05) is 0 Å². The second-order valence-corrected chi connectivity index (χ2v) is 7.67. The zero-order valence-corrected chi connectivity index (χ0v) is 15.0. The number of rotatable bonds is 4. The molecule has 0 fully saturated rings. The molecule has 0 bridgehead atoms. The minimum atomic E-state index is -0.0902. The van der Waals surface area contributed by atoms with Gasteiger partial charge in [0.05, 0.1) is 17.4 Å². The molecule has 2 aromatic rings. The van der Waals surface area contributed by atoms with Crippen LogP contribution in [0.1, 0.15) is 77.3 Å². The Bertz CT molecular complexity index is 693. The second kappa shape index (κ2) is 6.43. The van der Waals surface area contributed by atoms with E-state index in [0.717, 1.165) is 23.5 Å². The van der Waals surface area contributed by atoms with E-state index in [9.17, 15) is 4.79 Å². The summed E-state index contributed by atoms with van der Waals surface area (Å²) >= 11 is 1.75. The van der Waals surface area contributed by atoms with E-state index < -0.39 is 0 Å². The number of carbonyl (C=O) groups excluding carboxylic acids is 1. The molecule has 0 aromatic carbocycles. The molecule has 0 radical (unpaired) electrons. The number of amides is 1. The molecule has 1 N–H and O–H groups in total. The van der Waals surface area contributed by atoms with Gasteiger partial charge in [0.2, 0.25) is 0 Å². The molecule has 1 aliphatic carbocycles. The zero-order chi connectivity index (χ0) is 16.6. The van der Waals surface area contributed by atoms with Crippen molar-refractivity contribution in [1.29, 1.82) is 0 Å². The van der Waals surface area contributed by atoms with Gasteiger partial charge in [-0.05, 0) is 44.6 Å². The molecule has 23 heavy (non-hydrogen) atoms. The van der Waals surface area contributed by atoms with E-state index in [-0.39, 0.29) is 11.9 Å². The molecule has 1 amide bonds. The quantitative estimate of drug-likeness (QED) is 0.934. The number of nitrogens with one attached hydrogen (secondary N) is 1. The molecule has 2 heterocycles. The highest BCUT2D eigenvalue weighted by molar-refractivity contribution is 7.11. The predicted octanol–water partition coefficient (Wildman–Crippen LogP) is 3.37. The molecule has 0 aliphatic heterocycles. The van der Waals surface area contributed by atoms with Crippen molar-refractivity contribution in [3.05, 3.63) is 33.0 Å². The number of fused-ring (bicyclic) bond motifs is 1. The summed E-state index contributed by atoms with van der Waals surface area (Å²) in [4.78, 5) is 18.7. The monoisotopic (exact) mass is 332 g/mol. The van der Waals surface area contributed by atoms with Crippen molar-refractivity contribution in [1.82, 2.24) is 20.1 Å². The fourth-order valence-electron chi connectivity index (χ4n) is 2.87. The smallest absolute Gasteiger partial charge is 0.270 e. The van der Waals surface area contributed by atoms with Gasteiger partial charge in [-0.15, -0.1) is 11.3 Å². The fraction of sp³-hybridized carbons (Fsp3) is 0.588. The number of nitrogens with zero attached hydrogens (tertiary/aromatic N) is 3. The van der Waals surface area contributed by atoms with Crippen LogP contribution in [-0.2, 0) is 19.9 Å². The first-order valence-corrected chi connectivity index (χ1v) is 9.10. The predicted molar refractivity (Wildman–Crippen MR) is 91.9 cm³/mol. The lowest BCUT2D eigenvalue weighted by atomic mass is 10.0. The summed E-state index contributed by atoms with van der Waals surface area (Å²) in [5.74, 6) is 0.221. The summed E-state index contributed by atoms with van der Waals surface area (Å²) in [5.41, 5.74) is 2.77. The standard InChI is InChI=1S/C17H24N4OS/c1-10(2)13-9-14(21(4)20-13)16(22)18-11(3)17-19-12-7-5-6-8-15(12)23-17/h9-11H,5-8H2,1-4H3,(H,18,22). The maximum atomic E-state index is 12.5. The van der Waals surface area contributed by atoms with Gasteiger partial charge in [-0.1, -0.05) is 13.8 Å². The maximum absolute atomic E-state index is 12.5. The Balaban J connectivity index is 1.73. The average molecular weight is 332 g/mol. The van der Waals surface area contributed by atoms with E-state index in [0.29, 0.717) is 11.6 Å². The Morgan fingerprint density at radius 3 is 2.70 bits per heavy atom. The third-order valence-electron chi connectivity index (χ3n) is 4.30. The summed E-state index contributed by atoms with van der Waals surface area (Å²) in [6.07, 6.45) is 4.69. The molecule has 0 spiro atoms. The highest BCUT2D eigenvalue weighted by Crippen LogP contribution is 2.29. The highest BCUT2D eigenvalue weighted by atomic mass is 32.1. The summed E-state index contributed by atoms with van der Waals surface area (Å²) in [7, 11) is 1.81. The van der Waals surface area contributed by atoms with Crippen LogP contribution in [0.2, 0.25) is 0 Å². The van der Waals surface area contributed by atoms with E-state index in [2.05, 4.69) is 24.3 Å². The van der Waals surface area contributed by atoms with E-state index in [1.807, 2.05) is 20.0 Å². The second-order valence-electron chi connectivity index (χ2n) is 6.56. The third kappa shape index (κ3) is 3.32. The number of aryl methyl sites for hydroxylation is 3. The lowest BCUT2D eigenvalue weighted by Gasteiger charge is -2.11. The normalized spacial score (nSPS) is 15.5. The van der Waals surface area contributed by atoms with Gasteiger partial charge < -0.3 is 5.32 Å². The molecule has 1 unspecified atom stereocenters. The largest absolute Gasteiger partial charge is 0.342 e. The first-order chi connectivity index (χ1) is 11.0. The number of hydrogen-bond acceptors (Lipinski definition) is 4. The molecule has 6 heteroatoms. The SMILES string of the molecule is CC(C)c1cc(C(=O)NC(C)c2nc3c(s2)CCCC3)n(C)n1. The zero-order valence-electron chi connectivity index (χ0n) is 14.2. The van der Waals surface area contributed by atoms with Gasteiger partial charge in [-0.2, -0.15) is 5.10 Å². The van der Waals surface area contributed by atoms with Crippen LogP contribution >= 0.6 is 11.3 Å². The Morgan fingerprint density at radius 2 is 2.04 bits per heavy atom. The molecular formula is C17H24N4OS. The average Bonchev–Trinajstić information content (AvgIpc) is 3.10. The summed E-state index contributed by atoms with van der Waals surface area (Å²) < 4.78 is 1.66. The van der Waals surface area contributed by atoms with Crippen LogP contribution in [0.15, 0.2) is 6.07 Å². The summed E-state index contributed by atoms with van der Waals surface area (Å²) in [6.45, 7) is 6.15. The first kappa shape index (κ1) is 16.2. The van der Waals surface area contributed by atoms with Gasteiger partial charge in [0, 0.05) is 11.9 Å². The van der Waals surface area contributed by atoms with Crippen molar-refractivity contribution in [3.8, 4) is 0 Å². The summed E-state index contributed by atoms with van der Waals surface area (Å²) in [6, 6.07) is 1.80. The molecular weight excluding hydrogens is 308 g/mol. The fourth-order valence-corrected chi connectivity index (χ4v) is 4.03. The van der Waals surface area contributed by atoms with Crippen LogP contribution in [0.3, 0.4) is 0 Å². The van der Waals surface area contributed by atoms with E-state index in [4.69, 9.17) is 4.98 Å². The van der Waals surface area contributed by atoms with Crippen LogP contribution < -0.4 is 5.32 Å². The lowest BCUT2D eigenvalue weighted by molar-refractivity contribution is 0.0930. The molecule has 3 rings (SSSR count). The topological polar surface area (TPSA) is 59.8 Å². The van der Waals surface area contributed by atoms with Crippen molar-refractivity contribution in [3.63, 3.8) is 0 Å². The molecule has 2 aromatic heterocycles. The van der Waals surface area contributed by atoms with Gasteiger partial charge >= 0.3 is 0 Å².